The van der Waals surface area contributed by atoms with Crippen molar-refractivity contribution in [3.8, 4) is 11.5 Å². The summed E-state index contributed by atoms with van der Waals surface area (Å²) in [5, 5.41) is 13.2. The van der Waals surface area contributed by atoms with Gasteiger partial charge in [0.15, 0.2) is 11.5 Å². The van der Waals surface area contributed by atoms with E-state index in [-0.39, 0.29) is 40.9 Å². The quantitative estimate of drug-likeness (QED) is 0.0936. The van der Waals surface area contributed by atoms with Crippen molar-refractivity contribution in [2.45, 2.75) is 119 Å². The largest absolute Gasteiger partial charge is 0.514 e. The maximum atomic E-state index is 12.7. The molecule has 2 N–H and O–H groups in total. The highest BCUT2D eigenvalue weighted by atomic mass is 16.8. The Morgan fingerprint density at radius 2 is 1.16 bits per heavy atom. The van der Waals surface area contributed by atoms with Crippen LogP contribution in [0.3, 0.4) is 0 Å². The second-order valence-corrected chi connectivity index (χ2v) is 11.8. The number of carbonyl (C=O) groups excluding carboxylic acids is 3. The molecule has 0 saturated carbocycles. The van der Waals surface area contributed by atoms with E-state index in [0.29, 0.717) is 6.42 Å². The highest BCUT2D eigenvalue weighted by Gasteiger charge is 2.45. The number of ether oxygens (including phenoxy) is 6. The van der Waals surface area contributed by atoms with Gasteiger partial charge in [0.05, 0.1) is 0 Å². The van der Waals surface area contributed by atoms with E-state index in [2.05, 4.69) is 5.32 Å². The molecule has 1 rings (SSSR count). The number of aliphatic carboxylic acids is 1. The normalized spacial score (nSPS) is 15.6. The lowest BCUT2D eigenvalue weighted by atomic mass is 10.00. The maximum absolute atomic E-state index is 12.7. The zero-order valence-corrected chi connectivity index (χ0v) is 27.2. The Morgan fingerprint density at radius 1 is 0.721 bits per heavy atom. The minimum atomic E-state index is -2.25. The SMILES string of the molecule is CCC(C)N[C@@](Cc1ccc(OC(=O)OC(C)C(C)C)c(OC(=O)OC(C)C(C)C)c1)(OC(=O)OC(C)C(C)C)C(=O)O. The molecule has 0 aliphatic carbocycles. The third-order valence-electron chi connectivity index (χ3n) is 7.21. The number of hydrogen-bond acceptors (Lipinski definition) is 11. The Bertz CT molecular complexity index is 1090. The van der Waals surface area contributed by atoms with Crippen molar-refractivity contribution < 1.29 is 52.7 Å². The maximum Gasteiger partial charge on any atom is 0.514 e. The zero-order valence-electron chi connectivity index (χ0n) is 27.2. The van der Waals surface area contributed by atoms with Crippen LogP contribution < -0.4 is 14.8 Å². The van der Waals surface area contributed by atoms with Crippen LogP contribution in [0, 0.1) is 17.8 Å². The first-order valence-corrected chi connectivity index (χ1v) is 14.7. The van der Waals surface area contributed by atoms with Gasteiger partial charge < -0.3 is 33.5 Å². The summed E-state index contributed by atoms with van der Waals surface area (Å²) >= 11 is 0. The number of carboxylic acid groups (broad SMARTS) is 1. The van der Waals surface area contributed by atoms with Crippen LogP contribution in [0.5, 0.6) is 11.5 Å². The molecule has 4 unspecified atom stereocenters. The second-order valence-electron chi connectivity index (χ2n) is 11.8. The lowest BCUT2D eigenvalue weighted by Gasteiger charge is -2.33. The van der Waals surface area contributed by atoms with Crippen LogP contribution in [0.25, 0.3) is 0 Å². The molecule has 5 atom stereocenters. The average molecular weight is 612 g/mol. The van der Waals surface area contributed by atoms with Crippen molar-refractivity contribution >= 4 is 24.4 Å². The van der Waals surface area contributed by atoms with Crippen LogP contribution in [0.1, 0.15) is 88.1 Å². The highest BCUT2D eigenvalue weighted by Crippen LogP contribution is 2.32. The molecule has 0 fully saturated rings. The van der Waals surface area contributed by atoms with E-state index in [9.17, 15) is 24.3 Å². The molecule has 12 nitrogen and oxygen atoms in total. The van der Waals surface area contributed by atoms with Gasteiger partial charge in [-0.25, -0.2) is 19.2 Å². The van der Waals surface area contributed by atoms with Crippen molar-refractivity contribution in [2.24, 2.45) is 17.8 Å². The van der Waals surface area contributed by atoms with Crippen LogP contribution in [0.15, 0.2) is 18.2 Å². The summed E-state index contributed by atoms with van der Waals surface area (Å²) in [5.74, 6) is -1.88. The van der Waals surface area contributed by atoms with Gasteiger partial charge >= 0.3 is 24.4 Å². The van der Waals surface area contributed by atoms with Gasteiger partial charge in [-0.15, -0.1) is 0 Å². The molecule has 12 heteroatoms. The van der Waals surface area contributed by atoms with Crippen LogP contribution >= 0.6 is 0 Å². The molecule has 0 aromatic heterocycles. The Morgan fingerprint density at radius 3 is 1.58 bits per heavy atom. The molecule has 1 aromatic rings. The van der Waals surface area contributed by atoms with E-state index in [1.165, 1.54) is 18.2 Å². The van der Waals surface area contributed by atoms with Crippen LogP contribution in [-0.2, 0) is 30.2 Å². The summed E-state index contributed by atoms with van der Waals surface area (Å²) in [7, 11) is 0. The Kier molecular flexibility index (Phi) is 14.8. The molecule has 0 saturated heterocycles. The van der Waals surface area contributed by atoms with Gasteiger partial charge in [0.25, 0.3) is 5.72 Å². The molecule has 0 amide bonds. The summed E-state index contributed by atoms with van der Waals surface area (Å²) in [6, 6.07) is 3.69. The van der Waals surface area contributed by atoms with Crippen molar-refractivity contribution in [3.05, 3.63) is 23.8 Å². The lowest BCUT2D eigenvalue weighted by molar-refractivity contribution is -0.168. The van der Waals surface area contributed by atoms with Crippen LogP contribution in [0.4, 0.5) is 14.4 Å². The molecule has 0 aliphatic rings. The van der Waals surface area contributed by atoms with E-state index in [0.717, 1.165) is 0 Å². The lowest BCUT2D eigenvalue weighted by Crippen LogP contribution is -2.59. The minimum absolute atomic E-state index is 0.000218. The fraction of sp³-hybridized carbons (Fsp3) is 0.677. The van der Waals surface area contributed by atoms with E-state index in [1.807, 2.05) is 48.5 Å². The smallest absolute Gasteiger partial charge is 0.477 e. The fourth-order valence-electron chi connectivity index (χ4n) is 3.17. The molecular formula is C31H49NO11. The number of carboxylic acids is 1. The van der Waals surface area contributed by atoms with E-state index < -0.39 is 54.9 Å². The van der Waals surface area contributed by atoms with Gasteiger partial charge in [-0.3, -0.25) is 5.32 Å². The summed E-state index contributed by atoms with van der Waals surface area (Å²) in [6.45, 7) is 19.8. The number of nitrogens with one attached hydrogen (secondary N) is 1. The molecule has 43 heavy (non-hydrogen) atoms. The monoisotopic (exact) mass is 611 g/mol. The van der Waals surface area contributed by atoms with Gasteiger partial charge in [0.2, 0.25) is 0 Å². The molecule has 0 bridgehead atoms. The molecule has 0 aliphatic heterocycles. The Hall–Kier alpha value is -3.54. The fourth-order valence-corrected chi connectivity index (χ4v) is 3.17. The van der Waals surface area contributed by atoms with E-state index in [1.54, 1.807) is 27.7 Å². The first-order chi connectivity index (χ1) is 19.9. The van der Waals surface area contributed by atoms with E-state index >= 15 is 0 Å². The minimum Gasteiger partial charge on any atom is -0.477 e. The summed E-state index contributed by atoms with van der Waals surface area (Å²) in [4.78, 5) is 50.5. The zero-order chi connectivity index (χ0) is 33.1. The van der Waals surface area contributed by atoms with Gasteiger partial charge in [-0.1, -0.05) is 54.5 Å². The number of hydrogen-bond donors (Lipinski definition) is 2. The summed E-state index contributed by atoms with van der Waals surface area (Å²) in [5.41, 5.74) is -1.99. The third kappa shape index (κ3) is 12.3. The van der Waals surface area contributed by atoms with Crippen molar-refractivity contribution in [1.82, 2.24) is 5.32 Å². The molecule has 1 aromatic carbocycles. The molecular weight excluding hydrogens is 562 g/mol. The van der Waals surface area contributed by atoms with Crippen LogP contribution in [-0.4, -0.2) is 59.6 Å². The van der Waals surface area contributed by atoms with Gasteiger partial charge in [-0.05, 0) is 69.6 Å². The predicted molar refractivity (Wildman–Crippen MR) is 158 cm³/mol. The molecule has 0 radical (unpaired) electrons. The van der Waals surface area contributed by atoms with Gasteiger partial charge in [-0.2, -0.15) is 0 Å². The Labute approximate surface area is 254 Å². The molecule has 0 spiro atoms. The van der Waals surface area contributed by atoms with Crippen LogP contribution in [0.2, 0.25) is 0 Å². The van der Waals surface area contributed by atoms with Gasteiger partial charge in [0, 0.05) is 12.5 Å². The molecule has 0 heterocycles. The van der Waals surface area contributed by atoms with Gasteiger partial charge in [0.1, 0.15) is 18.3 Å². The number of carbonyl (C=O) groups is 4. The summed E-state index contributed by atoms with van der Waals surface area (Å²) in [6.07, 6.45) is -4.59. The molecule has 244 valence electrons. The second kappa shape index (κ2) is 16.9. The topological polar surface area (TPSA) is 156 Å². The predicted octanol–water partition coefficient (Wildman–Crippen LogP) is 6.72. The van der Waals surface area contributed by atoms with Crippen molar-refractivity contribution in [1.29, 1.82) is 0 Å². The summed E-state index contributed by atoms with van der Waals surface area (Å²) < 4.78 is 32.0. The number of rotatable bonds is 15. The standard InChI is InChI=1S/C31H49NO11/c1-12-20(8)32-31(27(33)34,43-30(37)40-23(11)19(6)7)16-24-13-14-25(41-28(35)38-21(9)17(2)3)26(15-24)42-29(36)39-22(10)18(4)5/h13-15,17-23,32H,12,16H2,1-11H3,(H,33,34)/t20?,21?,22?,23?,31-/m0/s1. The first-order valence-electron chi connectivity index (χ1n) is 14.7. The van der Waals surface area contributed by atoms with Crippen molar-refractivity contribution in [3.63, 3.8) is 0 Å². The average Bonchev–Trinajstić information content (AvgIpc) is 2.89. The number of benzene rings is 1. The van der Waals surface area contributed by atoms with E-state index in [4.69, 9.17) is 28.4 Å². The highest BCUT2D eigenvalue weighted by molar-refractivity contribution is 5.80. The van der Waals surface area contributed by atoms with Crippen molar-refractivity contribution in [2.75, 3.05) is 0 Å². The first kappa shape index (κ1) is 37.5. The Balaban J connectivity index is 3.50. The third-order valence-corrected chi connectivity index (χ3v) is 7.21.